The van der Waals surface area contributed by atoms with Gasteiger partial charge in [0, 0.05) is 22.9 Å². The minimum atomic E-state index is -0.455. The molecule has 0 radical (unpaired) electrons. The van der Waals surface area contributed by atoms with Gasteiger partial charge in [0.05, 0.1) is 5.52 Å². The van der Waals surface area contributed by atoms with E-state index in [9.17, 15) is 4.79 Å². The quantitative estimate of drug-likeness (QED) is 0.458. The number of hydrogen-bond donors (Lipinski definition) is 0. The molecule has 0 atom stereocenters. The summed E-state index contributed by atoms with van der Waals surface area (Å²) in [4.78, 5) is 15.9. The smallest absolute Gasteiger partial charge is 0.308 e. The number of rotatable bonds is 2. The molecule has 1 aromatic heterocycles. The molecule has 1 heterocycles. The molecule has 5 heteroatoms. The fourth-order valence-corrected chi connectivity index (χ4v) is 3.07. The predicted octanol–water partition coefficient (Wildman–Crippen LogP) is 5.44. The summed E-state index contributed by atoms with van der Waals surface area (Å²) >= 11 is 12.5. The number of carbonyl (C=O) groups is 1. The monoisotopic (exact) mass is 345 g/mol. The van der Waals surface area contributed by atoms with E-state index >= 15 is 0 Å². The molecule has 0 spiro atoms. The molecule has 3 nitrogen and oxygen atoms in total. The van der Waals surface area contributed by atoms with Gasteiger partial charge in [0.2, 0.25) is 0 Å². The highest BCUT2D eigenvalue weighted by atomic mass is 35.5. The lowest BCUT2D eigenvalue weighted by molar-refractivity contribution is -0.131. The fraction of sp³-hybridized carbons (Fsp3) is 0.111. The van der Waals surface area contributed by atoms with Gasteiger partial charge >= 0.3 is 5.97 Å². The molecule has 0 aliphatic rings. The second kappa shape index (κ2) is 6.19. The van der Waals surface area contributed by atoms with Crippen LogP contribution in [-0.4, -0.2) is 11.0 Å². The lowest BCUT2D eigenvalue weighted by atomic mass is 9.98. The van der Waals surface area contributed by atoms with Crippen LogP contribution in [0.1, 0.15) is 12.5 Å². The van der Waals surface area contributed by atoms with Crippen LogP contribution in [0.15, 0.2) is 42.5 Å². The van der Waals surface area contributed by atoms with E-state index in [1.807, 2.05) is 49.4 Å². The van der Waals surface area contributed by atoms with Crippen molar-refractivity contribution in [3.05, 3.63) is 58.2 Å². The SMILES string of the molecule is CC(=O)Oc1c(Cl)nc2c(C)cc(Cl)cc2c1-c1ccccc1. The molecule has 0 unspecified atom stereocenters. The Bertz CT molecular complexity index is 908. The molecule has 3 aromatic rings. The van der Waals surface area contributed by atoms with Gasteiger partial charge in [0.25, 0.3) is 0 Å². The molecule has 0 aliphatic heterocycles. The largest absolute Gasteiger partial charge is 0.423 e. The van der Waals surface area contributed by atoms with Gasteiger partial charge in [-0.25, -0.2) is 4.98 Å². The summed E-state index contributed by atoms with van der Waals surface area (Å²) in [7, 11) is 0. The molecule has 23 heavy (non-hydrogen) atoms. The molecule has 3 rings (SSSR count). The van der Waals surface area contributed by atoms with Crippen molar-refractivity contribution < 1.29 is 9.53 Å². The lowest BCUT2D eigenvalue weighted by Crippen LogP contribution is -2.05. The van der Waals surface area contributed by atoms with E-state index < -0.39 is 5.97 Å². The van der Waals surface area contributed by atoms with Gasteiger partial charge in [-0.05, 0) is 30.2 Å². The summed E-state index contributed by atoms with van der Waals surface area (Å²) in [5.74, 6) is -0.205. The normalized spacial score (nSPS) is 10.8. The Morgan fingerprint density at radius 2 is 1.83 bits per heavy atom. The van der Waals surface area contributed by atoms with Crippen LogP contribution in [0.4, 0.5) is 0 Å². The summed E-state index contributed by atoms with van der Waals surface area (Å²) in [5, 5.41) is 1.53. The fourth-order valence-electron chi connectivity index (χ4n) is 2.58. The minimum absolute atomic E-state index is 0.150. The summed E-state index contributed by atoms with van der Waals surface area (Å²) < 4.78 is 5.34. The van der Waals surface area contributed by atoms with Crippen molar-refractivity contribution in [2.75, 3.05) is 0 Å². The maximum atomic E-state index is 11.5. The van der Waals surface area contributed by atoms with Crippen LogP contribution >= 0.6 is 23.2 Å². The second-order valence-corrected chi connectivity index (χ2v) is 5.98. The number of ether oxygens (including phenoxy) is 1. The highest BCUT2D eigenvalue weighted by molar-refractivity contribution is 6.33. The third kappa shape index (κ3) is 3.03. The van der Waals surface area contributed by atoms with Crippen LogP contribution in [0, 0.1) is 6.92 Å². The predicted molar refractivity (Wildman–Crippen MR) is 93.2 cm³/mol. The molecule has 0 fully saturated rings. The van der Waals surface area contributed by atoms with Crippen molar-refractivity contribution >= 4 is 40.1 Å². The van der Waals surface area contributed by atoms with Gasteiger partial charge in [-0.3, -0.25) is 4.79 Å². The van der Waals surface area contributed by atoms with Crippen LogP contribution in [0.3, 0.4) is 0 Å². The Kier molecular flexibility index (Phi) is 4.24. The first kappa shape index (κ1) is 15.8. The molecule has 0 saturated carbocycles. The number of benzene rings is 2. The first-order chi connectivity index (χ1) is 11.0. The van der Waals surface area contributed by atoms with Gasteiger partial charge in [-0.15, -0.1) is 0 Å². The average Bonchev–Trinajstić information content (AvgIpc) is 2.49. The van der Waals surface area contributed by atoms with E-state index in [0.717, 1.165) is 22.0 Å². The van der Waals surface area contributed by atoms with Gasteiger partial charge in [-0.2, -0.15) is 0 Å². The molecular weight excluding hydrogens is 333 g/mol. The van der Waals surface area contributed by atoms with E-state index in [2.05, 4.69) is 4.98 Å². The average molecular weight is 346 g/mol. The minimum Gasteiger partial charge on any atom is -0.423 e. The first-order valence-electron chi connectivity index (χ1n) is 7.00. The summed E-state index contributed by atoms with van der Waals surface area (Å²) in [6, 6.07) is 13.2. The Hall–Kier alpha value is -2.10. The van der Waals surface area contributed by atoms with Crippen molar-refractivity contribution in [2.45, 2.75) is 13.8 Å². The summed E-state index contributed by atoms with van der Waals surface area (Å²) in [6.45, 7) is 3.25. The summed E-state index contributed by atoms with van der Waals surface area (Å²) in [6.07, 6.45) is 0. The second-order valence-electron chi connectivity index (χ2n) is 5.19. The van der Waals surface area contributed by atoms with E-state index in [1.54, 1.807) is 0 Å². The first-order valence-corrected chi connectivity index (χ1v) is 7.76. The van der Waals surface area contributed by atoms with Crippen LogP contribution in [0.25, 0.3) is 22.0 Å². The Labute approximate surface area is 143 Å². The van der Waals surface area contributed by atoms with Crippen molar-refractivity contribution in [3.63, 3.8) is 0 Å². The van der Waals surface area contributed by atoms with Crippen molar-refractivity contribution in [1.29, 1.82) is 0 Å². The zero-order valence-electron chi connectivity index (χ0n) is 12.6. The topological polar surface area (TPSA) is 39.2 Å². The van der Waals surface area contributed by atoms with Crippen LogP contribution in [-0.2, 0) is 4.79 Å². The van der Waals surface area contributed by atoms with E-state index in [1.165, 1.54) is 6.92 Å². The third-order valence-electron chi connectivity index (χ3n) is 3.47. The van der Waals surface area contributed by atoms with E-state index in [4.69, 9.17) is 27.9 Å². The van der Waals surface area contributed by atoms with E-state index in [-0.39, 0.29) is 10.9 Å². The molecule has 0 N–H and O–H groups in total. The molecule has 0 aliphatic carbocycles. The molecule has 0 saturated heterocycles. The number of hydrogen-bond acceptors (Lipinski definition) is 3. The molecule has 0 amide bonds. The maximum absolute atomic E-state index is 11.5. The number of pyridine rings is 1. The van der Waals surface area contributed by atoms with Crippen molar-refractivity contribution in [2.24, 2.45) is 0 Å². The van der Waals surface area contributed by atoms with Gasteiger partial charge in [0.15, 0.2) is 10.9 Å². The molecule has 0 bridgehead atoms. The Balaban J connectivity index is 2.46. The zero-order valence-corrected chi connectivity index (χ0v) is 14.1. The van der Waals surface area contributed by atoms with Gasteiger partial charge < -0.3 is 4.74 Å². The highest BCUT2D eigenvalue weighted by Crippen LogP contribution is 2.42. The number of nitrogens with zero attached hydrogens (tertiary/aromatic N) is 1. The molecule has 116 valence electrons. The third-order valence-corrected chi connectivity index (χ3v) is 3.94. The zero-order chi connectivity index (χ0) is 16.6. The van der Waals surface area contributed by atoms with Crippen molar-refractivity contribution in [1.82, 2.24) is 4.98 Å². The lowest BCUT2D eigenvalue weighted by Gasteiger charge is -2.15. The number of halogens is 2. The Morgan fingerprint density at radius 3 is 2.48 bits per heavy atom. The van der Waals surface area contributed by atoms with Gasteiger partial charge in [0.1, 0.15) is 0 Å². The van der Waals surface area contributed by atoms with Crippen molar-refractivity contribution in [3.8, 4) is 16.9 Å². The number of aromatic nitrogens is 1. The molecular formula is C18H13Cl2NO2. The Morgan fingerprint density at radius 1 is 1.13 bits per heavy atom. The number of carbonyl (C=O) groups excluding carboxylic acids is 1. The number of esters is 1. The van der Waals surface area contributed by atoms with E-state index in [0.29, 0.717) is 10.6 Å². The summed E-state index contributed by atoms with van der Waals surface area (Å²) in [5.41, 5.74) is 3.22. The molecule has 2 aromatic carbocycles. The maximum Gasteiger partial charge on any atom is 0.308 e. The van der Waals surface area contributed by atoms with Crippen LogP contribution < -0.4 is 4.74 Å². The standard InChI is InChI=1S/C18H13Cl2NO2/c1-10-8-13(19)9-14-15(12-6-4-3-5-7-12)17(23-11(2)22)18(20)21-16(10)14/h3-9H,1-2H3. The van der Waals surface area contributed by atoms with Crippen LogP contribution in [0.5, 0.6) is 5.75 Å². The highest BCUT2D eigenvalue weighted by Gasteiger charge is 2.20. The van der Waals surface area contributed by atoms with Gasteiger partial charge in [-0.1, -0.05) is 53.5 Å². The number of fused-ring (bicyclic) bond motifs is 1. The van der Waals surface area contributed by atoms with Crippen LogP contribution in [0.2, 0.25) is 10.2 Å². The number of aryl methyl sites for hydroxylation is 1.